The number of rotatable bonds is 7. The number of anilines is 1. The molecule has 2 aromatic carbocycles. The van der Waals surface area contributed by atoms with Gasteiger partial charge in [-0.2, -0.15) is 0 Å². The van der Waals surface area contributed by atoms with E-state index >= 15 is 0 Å². The van der Waals surface area contributed by atoms with E-state index in [0.717, 1.165) is 22.4 Å². The molecule has 5 nitrogen and oxygen atoms in total. The van der Waals surface area contributed by atoms with Gasteiger partial charge in [-0.05, 0) is 50.1 Å². The molecule has 2 rings (SSSR count). The molecule has 0 saturated carbocycles. The number of carbonyl (C=O) groups excluding carboxylic acids is 2. The van der Waals surface area contributed by atoms with Crippen LogP contribution >= 0.6 is 23.2 Å². The minimum atomic E-state index is -0.258. The molecule has 0 aliphatic heterocycles. The van der Waals surface area contributed by atoms with E-state index in [4.69, 9.17) is 23.2 Å². The summed E-state index contributed by atoms with van der Waals surface area (Å²) >= 11 is 12.1. The fourth-order valence-electron chi connectivity index (χ4n) is 2.61. The van der Waals surface area contributed by atoms with Crippen molar-refractivity contribution in [1.29, 1.82) is 0 Å². The van der Waals surface area contributed by atoms with Gasteiger partial charge in [-0.1, -0.05) is 41.4 Å². The lowest BCUT2D eigenvalue weighted by Gasteiger charge is -2.13. The summed E-state index contributed by atoms with van der Waals surface area (Å²) < 4.78 is 0. The summed E-state index contributed by atoms with van der Waals surface area (Å²) in [6, 6.07) is 11.0. The lowest BCUT2D eigenvalue weighted by molar-refractivity contribution is -0.682. The fourth-order valence-corrected chi connectivity index (χ4v) is 3.19. The van der Waals surface area contributed by atoms with E-state index < -0.39 is 0 Å². The van der Waals surface area contributed by atoms with Crippen molar-refractivity contribution in [1.82, 2.24) is 5.32 Å². The molecule has 144 valence electrons. The number of benzene rings is 2. The number of amides is 2. The highest BCUT2D eigenvalue weighted by Crippen LogP contribution is 2.24. The van der Waals surface area contributed by atoms with Crippen molar-refractivity contribution in [3.8, 4) is 0 Å². The Kier molecular flexibility index (Phi) is 7.66. The van der Waals surface area contributed by atoms with Gasteiger partial charge in [-0.15, -0.1) is 0 Å². The van der Waals surface area contributed by atoms with Crippen molar-refractivity contribution in [3.63, 3.8) is 0 Å². The van der Waals surface area contributed by atoms with Crippen LogP contribution in [0, 0.1) is 13.8 Å². The Morgan fingerprint density at radius 2 is 1.85 bits per heavy atom. The zero-order chi connectivity index (χ0) is 20.0. The first-order valence-electron chi connectivity index (χ1n) is 8.69. The number of nitrogens with two attached hydrogens (primary N) is 1. The van der Waals surface area contributed by atoms with Crippen molar-refractivity contribution in [2.75, 3.05) is 18.4 Å². The van der Waals surface area contributed by atoms with Crippen molar-refractivity contribution in [2.24, 2.45) is 0 Å². The Bertz CT molecular complexity index is 840. The van der Waals surface area contributed by atoms with Crippen LogP contribution in [0.3, 0.4) is 0 Å². The minimum Gasteiger partial charge on any atom is -0.342 e. The molecule has 0 spiro atoms. The van der Waals surface area contributed by atoms with Crippen molar-refractivity contribution in [3.05, 3.63) is 63.1 Å². The first-order valence-corrected chi connectivity index (χ1v) is 9.44. The molecule has 0 fully saturated rings. The number of quaternary nitrogens is 1. The number of nitrogens with one attached hydrogen (secondary N) is 2. The molecule has 7 heteroatoms. The number of hydrogen-bond acceptors (Lipinski definition) is 2. The van der Waals surface area contributed by atoms with Gasteiger partial charge in [0.15, 0.2) is 6.54 Å². The summed E-state index contributed by atoms with van der Waals surface area (Å²) in [6.45, 7) is 6.00. The molecule has 2 amide bonds. The van der Waals surface area contributed by atoms with Crippen LogP contribution in [-0.2, 0) is 9.59 Å². The lowest BCUT2D eigenvalue weighted by atomic mass is 10.1. The number of aryl methyl sites for hydroxylation is 1. The summed E-state index contributed by atoms with van der Waals surface area (Å²) in [5.74, 6) is -0.478. The van der Waals surface area contributed by atoms with Crippen molar-refractivity contribution in [2.45, 2.75) is 26.8 Å². The third kappa shape index (κ3) is 6.24. The van der Waals surface area contributed by atoms with E-state index in [1.165, 1.54) is 0 Å². The maximum Gasteiger partial charge on any atom is 0.275 e. The van der Waals surface area contributed by atoms with Crippen LogP contribution in [-0.4, -0.2) is 24.9 Å². The molecule has 0 bridgehead atoms. The smallest absolute Gasteiger partial charge is 0.275 e. The van der Waals surface area contributed by atoms with Gasteiger partial charge in [0, 0.05) is 16.3 Å². The normalized spacial score (nSPS) is 11.7. The molecule has 0 radical (unpaired) electrons. The largest absolute Gasteiger partial charge is 0.342 e. The third-order valence-corrected chi connectivity index (χ3v) is 5.00. The quantitative estimate of drug-likeness (QED) is 0.658. The number of hydrogen-bond donors (Lipinski definition) is 3. The summed E-state index contributed by atoms with van der Waals surface area (Å²) in [7, 11) is 0. The van der Waals surface area contributed by atoms with Crippen LogP contribution in [0.4, 0.5) is 5.69 Å². The molecule has 1 atom stereocenters. The average Bonchev–Trinajstić information content (AvgIpc) is 2.62. The Morgan fingerprint density at radius 3 is 2.56 bits per heavy atom. The highest BCUT2D eigenvalue weighted by molar-refractivity contribution is 6.35. The zero-order valence-electron chi connectivity index (χ0n) is 15.6. The van der Waals surface area contributed by atoms with Gasteiger partial charge in [0.25, 0.3) is 5.91 Å². The second kappa shape index (κ2) is 9.74. The summed E-state index contributed by atoms with van der Waals surface area (Å²) in [5, 5.41) is 8.44. The standard InChI is InChI=1S/C20H23Cl2N3O2/c1-12-5-4-6-18(13(12)2)25-20(27)11-24-19(26)10-23-14(3)16-8-7-15(21)9-17(16)22/h4-9,14,23H,10-11H2,1-3H3,(H,24,26)(H,25,27)/p+1/t14-/m1/s1. The first-order chi connectivity index (χ1) is 12.8. The highest BCUT2D eigenvalue weighted by atomic mass is 35.5. The summed E-state index contributed by atoms with van der Waals surface area (Å²) in [6.07, 6.45) is 0. The van der Waals surface area contributed by atoms with Crippen LogP contribution in [0.5, 0.6) is 0 Å². The van der Waals surface area contributed by atoms with E-state index in [9.17, 15) is 9.59 Å². The topological polar surface area (TPSA) is 74.8 Å². The predicted molar refractivity (Wildman–Crippen MR) is 109 cm³/mol. The van der Waals surface area contributed by atoms with Crippen LogP contribution in [0.1, 0.15) is 29.7 Å². The maximum absolute atomic E-state index is 12.1. The van der Waals surface area contributed by atoms with Crippen LogP contribution in [0.25, 0.3) is 0 Å². The van der Waals surface area contributed by atoms with E-state index in [1.54, 1.807) is 12.1 Å². The summed E-state index contributed by atoms with van der Waals surface area (Å²) in [4.78, 5) is 24.1. The van der Waals surface area contributed by atoms with E-state index in [0.29, 0.717) is 10.0 Å². The van der Waals surface area contributed by atoms with E-state index in [-0.39, 0.29) is 30.9 Å². The SMILES string of the molecule is Cc1cccc(NC(=O)CNC(=O)C[NH2+][C@H](C)c2ccc(Cl)cc2Cl)c1C. The maximum atomic E-state index is 12.1. The molecule has 2 aromatic rings. The molecule has 0 aliphatic rings. The Labute approximate surface area is 169 Å². The lowest BCUT2D eigenvalue weighted by Crippen LogP contribution is -2.87. The molecule has 0 unspecified atom stereocenters. The third-order valence-electron chi connectivity index (χ3n) is 4.43. The van der Waals surface area contributed by atoms with Gasteiger partial charge in [-0.3, -0.25) is 9.59 Å². The van der Waals surface area contributed by atoms with E-state index in [1.807, 2.05) is 50.4 Å². The minimum absolute atomic E-state index is 0.00992. The Balaban J connectivity index is 1.78. The highest BCUT2D eigenvalue weighted by Gasteiger charge is 2.15. The monoisotopic (exact) mass is 408 g/mol. The predicted octanol–water partition coefficient (Wildman–Crippen LogP) is 2.99. The van der Waals surface area contributed by atoms with Gasteiger partial charge in [0.2, 0.25) is 5.91 Å². The van der Waals surface area contributed by atoms with Crippen LogP contribution in [0.2, 0.25) is 10.0 Å². The molecular weight excluding hydrogens is 385 g/mol. The molecule has 0 aliphatic carbocycles. The summed E-state index contributed by atoms with van der Waals surface area (Å²) in [5.41, 5.74) is 3.77. The number of halogens is 2. The van der Waals surface area contributed by atoms with Gasteiger partial charge in [0.05, 0.1) is 11.6 Å². The molecular formula is C20H24Cl2N3O2+. The second-order valence-electron chi connectivity index (χ2n) is 6.47. The van der Waals surface area contributed by atoms with Crippen molar-refractivity contribution < 1.29 is 14.9 Å². The van der Waals surface area contributed by atoms with Gasteiger partial charge in [-0.25, -0.2) is 0 Å². The van der Waals surface area contributed by atoms with Crippen molar-refractivity contribution >= 4 is 40.7 Å². The Hall–Kier alpha value is -2.08. The molecule has 4 N–H and O–H groups in total. The Morgan fingerprint density at radius 1 is 1.11 bits per heavy atom. The zero-order valence-corrected chi connectivity index (χ0v) is 17.1. The molecule has 0 aromatic heterocycles. The van der Waals surface area contributed by atoms with E-state index in [2.05, 4.69) is 10.6 Å². The fraction of sp³-hybridized carbons (Fsp3) is 0.300. The number of carbonyl (C=O) groups is 2. The second-order valence-corrected chi connectivity index (χ2v) is 7.31. The first kappa shape index (κ1) is 21.2. The van der Waals surface area contributed by atoms with Crippen LogP contribution < -0.4 is 16.0 Å². The van der Waals surface area contributed by atoms with Gasteiger partial charge < -0.3 is 16.0 Å². The average molecular weight is 409 g/mol. The molecule has 0 saturated heterocycles. The van der Waals surface area contributed by atoms with Crippen LogP contribution in [0.15, 0.2) is 36.4 Å². The molecule has 27 heavy (non-hydrogen) atoms. The molecule has 0 heterocycles. The van der Waals surface area contributed by atoms with Gasteiger partial charge >= 0.3 is 0 Å². The van der Waals surface area contributed by atoms with Gasteiger partial charge in [0.1, 0.15) is 6.04 Å².